The van der Waals surface area contributed by atoms with Gasteiger partial charge in [-0.05, 0) is 24.1 Å². The van der Waals surface area contributed by atoms with E-state index in [0.29, 0.717) is 24.5 Å². The van der Waals surface area contributed by atoms with E-state index in [1.807, 2.05) is 12.1 Å². The van der Waals surface area contributed by atoms with Gasteiger partial charge in [0, 0.05) is 20.0 Å². The fraction of sp³-hybridized carbons (Fsp3) is 0.438. The smallest absolute Gasteiger partial charge is 0.253 e. The summed E-state index contributed by atoms with van der Waals surface area (Å²) in [5.74, 6) is -0.860. The predicted octanol–water partition coefficient (Wildman–Crippen LogP) is -0.128. The molecule has 1 aliphatic rings. The lowest BCUT2D eigenvalue weighted by Gasteiger charge is -2.10. The molecule has 0 saturated carbocycles. The van der Waals surface area contributed by atoms with Crippen molar-refractivity contribution < 1.29 is 23.9 Å². The number of nitrogens with one attached hydrogen (secondary N) is 2. The Kier molecular flexibility index (Phi) is 5.62. The number of methoxy groups -OCH3 is 2. The number of carbonyl (C=O) groups excluding carboxylic acids is 3. The summed E-state index contributed by atoms with van der Waals surface area (Å²) in [7, 11) is 4.58. The van der Waals surface area contributed by atoms with Crippen LogP contribution in [-0.4, -0.2) is 50.5 Å². The van der Waals surface area contributed by atoms with E-state index in [1.165, 1.54) is 7.05 Å². The molecule has 1 aromatic rings. The van der Waals surface area contributed by atoms with Gasteiger partial charge in [-0.1, -0.05) is 6.07 Å². The number of carbonyl (C=O) groups is 3. The molecule has 0 aliphatic carbocycles. The molecule has 0 radical (unpaired) electrons. The molecule has 1 aliphatic heterocycles. The van der Waals surface area contributed by atoms with E-state index in [4.69, 9.17) is 9.47 Å². The van der Waals surface area contributed by atoms with Gasteiger partial charge in [-0.3, -0.25) is 24.8 Å². The zero-order valence-electron chi connectivity index (χ0n) is 13.9. The van der Waals surface area contributed by atoms with Gasteiger partial charge in [-0.25, -0.2) is 0 Å². The molecule has 1 fully saturated rings. The molecular formula is C16H21N3O5. The number of ether oxygens (including phenoxy) is 2. The topological polar surface area (TPSA) is 97.0 Å². The molecule has 1 atom stereocenters. The van der Waals surface area contributed by atoms with Crippen molar-refractivity contribution in [3.05, 3.63) is 23.8 Å². The molecule has 130 valence electrons. The Balaban J connectivity index is 1.83. The summed E-state index contributed by atoms with van der Waals surface area (Å²) in [5.41, 5.74) is 3.34. The van der Waals surface area contributed by atoms with Crippen molar-refractivity contribution in [1.29, 1.82) is 0 Å². The van der Waals surface area contributed by atoms with Crippen LogP contribution in [0.25, 0.3) is 0 Å². The first-order valence-corrected chi connectivity index (χ1v) is 7.52. The molecule has 8 nitrogen and oxygen atoms in total. The van der Waals surface area contributed by atoms with E-state index < -0.39 is 17.7 Å². The standard InChI is InChI=1S/C16H21N3O5/c1-19-16(22)11(15(21)18-19)9-14(20)17-7-6-10-4-5-12(23-2)13(8-10)24-3/h4-5,8,11H,6-7,9H2,1-3H3,(H,17,20)(H,18,21). The van der Waals surface area contributed by atoms with E-state index in [0.717, 1.165) is 10.6 Å². The Labute approximate surface area is 140 Å². The van der Waals surface area contributed by atoms with Crippen LogP contribution in [0.2, 0.25) is 0 Å². The first-order valence-electron chi connectivity index (χ1n) is 7.52. The van der Waals surface area contributed by atoms with Crippen molar-refractivity contribution in [3.63, 3.8) is 0 Å². The lowest BCUT2D eigenvalue weighted by atomic mass is 10.0. The fourth-order valence-electron chi connectivity index (χ4n) is 2.46. The van der Waals surface area contributed by atoms with E-state index >= 15 is 0 Å². The third-order valence-corrected chi connectivity index (χ3v) is 3.80. The van der Waals surface area contributed by atoms with Crippen LogP contribution in [-0.2, 0) is 20.8 Å². The van der Waals surface area contributed by atoms with Crippen LogP contribution in [0, 0.1) is 5.92 Å². The van der Waals surface area contributed by atoms with Crippen LogP contribution in [0.5, 0.6) is 11.5 Å². The van der Waals surface area contributed by atoms with E-state index in [9.17, 15) is 14.4 Å². The largest absolute Gasteiger partial charge is 0.493 e. The van der Waals surface area contributed by atoms with Gasteiger partial charge in [0.25, 0.3) is 11.8 Å². The number of benzene rings is 1. The van der Waals surface area contributed by atoms with Gasteiger partial charge in [0.2, 0.25) is 5.91 Å². The van der Waals surface area contributed by atoms with Crippen LogP contribution in [0.1, 0.15) is 12.0 Å². The molecule has 3 amide bonds. The maximum Gasteiger partial charge on any atom is 0.253 e. The average Bonchev–Trinajstić information content (AvgIpc) is 2.81. The first kappa shape index (κ1) is 17.6. The molecule has 1 aromatic carbocycles. The monoisotopic (exact) mass is 335 g/mol. The second-order valence-electron chi connectivity index (χ2n) is 5.42. The second-order valence-corrected chi connectivity index (χ2v) is 5.42. The van der Waals surface area contributed by atoms with Crippen LogP contribution < -0.4 is 20.2 Å². The maximum absolute atomic E-state index is 11.9. The zero-order chi connectivity index (χ0) is 17.7. The summed E-state index contributed by atoms with van der Waals surface area (Å²) < 4.78 is 10.4. The number of nitrogens with zero attached hydrogens (tertiary/aromatic N) is 1. The maximum atomic E-state index is 11.9. The van der Waals surface area contributed by atoms with Crippen molar-refractivity contribution in [2.75, 3.05) is 27.8 Å². The van der Waals surface area contributed by atoms with Crippen LogP contribution in [0.4, 0.5) is 0 Å². The highest BCUT2D eigenvalue weighted by Gasteiger charge is 2.38. The summed E-state index contributed by atoms with van der Waals surface area (Å²) >= 11 is 0. The number of rotatable bonds is 7. The van der Waals surface area contributed by atoms with Gasteiger partial charge in [0.05, 0.1) is 14.2 Å². The van der Waals surface area contributed by atoms with Crippen molar-refractivity contribution >= 4 is 17.7 Å². The molecule has 2 rings (SSSR count). The Morgan fingerprint density at radius 1 is 1.25 bits per heavy atom. The van der Waals surface area contributed by atoms with E-state index in [1.54, 1.807) is 20.3 Å². The van der Waals surface area contributed by atoms with Crippen LogP contribution in [0.15, 0.2) is 18.2 Å². The second kappa shape index (κ2) is 7.67. The van der Waals surface area contributed by atoms with Gasteiger partial charge in [-0.15, -0.1) is 0 Å². The highest BCUT2D eigenvalue weighted by Crippen LogP contribution is 2.27. The number of hydrazine groups is 1. The third kappa shape index (κ3) is 3.95. The molecule has 24 heavy (non-hydrogen) atoms. The Morgan fingerprint density at radius 2 is 1.96 bits per heavy atom. The quantitative estimate of drug-likeness (QED) is 0.677. The van der Waals surface area contributed by atoms with Crippen LogP contribution >= 0.6 is 0 Å². The summed E-state index contributed by atoms with van der Waals surface area (Å²) in [4.78, 5) is 35.2. The minimum absolute atomic E-state index is 0.152. The highest BCUT2D eigenvalue weighted by atomic mass is 16.5. The molecule has 2 N–H and O–H groups in total. The number of hydrogen-bond acceptors (Lipinski definition) is 5. The summed E-state index contributed by atoms with van der Waals surface area (Å²) in [6, 6.07) is 5.53. The Hall–Kier alpha value is -2.77. The molecule has 1 heterocycles. The summed E-state index contributed by atoms with van der Waals surface area (Å²) in [6.07, 6.45) is 0.442. The van der Waals surface area contributed by atoms with Crippen molar-refractivity contribution in [3.8, 4) is 11.5 Å². The van der Waals surface area contributed by atoms with Gasteiger partial charge in [-0.2, -0.15) is 0 Å². The van der Waals surface area contributed by atoms with Gasteiger partial charge < -0.3 is 14.8 Å². The van der Waals surface area contributed by atoms with Gasteiger partial charge >= 0.3 is 0 Å². The molecule has 0 aromatic heterocycles. The van der Waals surface area contributed by atoms with Crippen molar-refractivity contribution in [2.45, 2.75) is 12.8 Å². The molecule has 8 heteroatoms. The Morgan fingerprint density at radius 3 is 2.54 bits per heavy atom. The third-order valence-electron chi connectivity index (χ3n) is 3.80. The molecule has 0 spiro atoms. The van der Waals surface area contributed by atoms with Crippen molar-refractivity contribution in [1.82, 2.24) is 15.8 Å². The average molecular weight is 335 g/mol. The van der Waals surface area contributed by atoms with Gasteiger partial charge in [0.1, 0.15) is 5.92 Å². The van der Waals surface area contributed by atoms with E-state index in [2.05, 4.69) is 10.7 Å². The fourth-order valence-corrected chi connectivity index (χ4v) is 2.46. The van der Waals surface area contributed by atoms with Crippen LogP contribution in [0.3, 0.4) is 0 Å². The summed E-state index contributed by atoms with van der Waals surface area (Å²) in [5, 5.41) is 3.82. The van der Waals surface area contributed by atoms with E-state index in [-0.39, 0.29) is 12.3 Å². The number of hydrogen-bond donors (Lipinski definition) is 2. The first-order chi connectivity index (χ1) is 11.5. The lowest BCUT2D eigenvalue weighted by molar-refractivity contribution is -0.135. The molecule has 1 unspecified atom stereocenters. The predicted molar refractivity (Wildman–Crippen MR) is 85.3 cm³/mol. The zero-order valence-corrected chi connectivity index (χ0v) is 13.9. The normalized spacial score (nSPS) is 16.8. The van der Waals surface area contributed by atoms with Crippen molar-refractivity contribution in [2.24, 2.45) is 5.92 Å². The minimum atomic E-state index is -0.948. The molecular weight excluding hydrogens is 314 g/mol. The minimum Gasteiger partial charge on any atom is -0.493 e. The number of amides is 3. The van der Waals surface area contributed by atoms with Gasteiger partial charge in [0.15, 0.2) is 11.5 Å². The lowest BCUT2D eigenvalue weighted by Crippen LogP contribution is -2.31. The molecule has 0 bridgehead atoms. The SMILES string of the molecule is COc1ccc(CCNC(=O)CC2C(=O)NN(C)C2=O)cc1OC. The Bertz CT molecular complexity index is 647. The molecule has 1 saturated heterocycles. The summed E-state index contributed by atoms with van der Waals surface area (Å²) in [6.45, 7) is 0.396. The highest BCUT2D eigenvalue weighted by molar-refractivity contribution is 6.07.